The van der Waals surface area contributed by atoms with Crippen LogP contribution in [0.25, 0.3) is 5.71 Å². The minimum atomic E-state index is 0.611. The highest BCUT2D eigenvalue weighted by Gasteiger charge is 1.98. The largest absolute Gasteiger partial charge is 0.445 e. The predicted molar refractivity (Wildman–Crippen MR) is 35.3 cm³/mol. The van der Waals surface area contributed by atoms with Gasteiger partial charge < -0.3 is 9.83 Å². The quantitative estimate of drug-likeness (QED) is 0.591. The summed E-state index contributed by atoms with van der Waals surface area (Å²) in [6.07, 6.45) is 4.43. The van der Waals surface area contributed by atoms with Crippen molar-refractivity contribution in [1.82, 2.24) is 9.61 Å². The van der Waals surface area contributed by atoms with E-state index < -0.39 is 0 Å². The Labute approximate surface area is 56.6 Å². The fraction of sp³-hybridized carbons (Fsp3) is 0. The van der Waals surface area contributed by atoms with Crippen LogP contribution in [-0.4, -0.2) is 15.8 Å². The number of nitrogens with zero attached hydrogens (tertiary/aromatic N) is 2. The second-order valence-electron chi connectivity index (χ2n) is 1.90. The molecule has 0 fully saturated rings. The van der Waals surface area contributed by atoms with E-state index in [0.29, 0.717) is 11.4 Å². The van der Waals surface area contributed by atoms with Crippen LogP contribution in [0.4, 0.5) is 0 Å². The van der Waals surface area contributed by atoms with Crippen LogP contribution in [0.15, 0.2) is 22.9 Å². The summed E-state index contributed by atoms with van der Waals surface area (Å²) in [7, 11) is 0. The van der Waals surface area contributed by atoms with Gasteiger partial charge in [0.05, 0.1) is 6.20 Å². The summed E-state index contributed by atoms with van der Waals surface area (Å²) in [6, 6.07) is 1.70. The molecule has 0 atom stereocenters. The Balaban J connectivity index is 2.78. The normalized spacial score (nSPS) is 10.4. The van der Waals surface area contributed by atoms with Gasteiger partial charge in [-0.15, -0.1) is 0 Å². The summed E-state index contributed by atoms with van der Waals surface area (Å²) >= 11 is 0. The van der Waals surface area contributed by atoms with Gasteiger partial charge in [0.15, 0.2) is 0 Å². The molecule has 0 spiro atoms. The molecule has 2 aromatic rings. The van der Waals surface area contributed by atoms with Crippen LogP contribution in [0, 0.1) is 5.41 Å². The van der Waals surface area contributed by atoms with Crippen LogP contribution in [0.5, 0.6) is 0 Å². The van der Waals surface area contributed by atoms with Crippen LogP contribution >= 0.6 is 0 Å². The van der Waals surface area contributed by atoms with E-state index in [-0.39, 0.29) is 0 Å². The zero-order valence-electron chi connectivity index (χ0n) is 5.11. The van der Waals surface area contributed by atoms with Gasteiger partial charge in [-0.1, -0.05) is 0 Å². The van der Waals surface area contributed by atoms with E-state index in [4.69, 9.17) is 9.83 Å². The van der Waals surface area contributed by atoms with E-state index in [0.717, 1.165) is 0 Å². The van der Waals surface area contributed by atoms with Crippen LogP contribution in [-0.2, 0) is 0 Å². The summed E-state index contributed by atoms with van der Waals surface area (Å²) in [6.45, 7) is 0. The van der Waals surface area contributed by atoms with E-state index in [9.17, 15) is 0 Å². The average Bonchev–Trinajstić information content (AvgIpc) is 2.42. The van der Waals surface area contributed by atoms with E-state index in [1.54, 1.807) is 23.0 Å². The fourth-order valence-electron chi connectivity index (χ4n) is 0.818. The molecule has 2 rings (SSSR count). The Kier molecular flexibility index (Phi) is 0.887. The number of fused-ring (bicyclic) bond motifs is 1. The van der Waals surface area contributed by atoms with Crippen molar-refractivity contribution in [1.29, 1.82) is 5.41 Å². The SMILES string of the molecule is N=Cc1cc2occn2n1. The maximum atomic E-state index is 6.87. The highest BCUT2D eigenvalue weighted by molar-refractivity contribution is 5.75. The van der Waals surface area contributed by atoms with E-state index >= 15 is 0 Å². The first-order chi connectivity index (χ1) is 4.90. The van der Waals surface area contributed by atoms with Gasteiger partial charge in [0.25, 0.3) is 0 Å². The topological polar surface area (TPSA) is 54.3 Å². The Morgan fingerprint density at radius 3 is 3.30 bits per heavy atom. The van der Waals surface area contributed by atoms with Crippen LogP contribution in [0.3, 0.4) is 0 Å². The molecule has 4 heteroatoms. The lowest BCUT2D eigenvalue weighted by atomic mass is 10.5. The molecule has 4 nitrogen and oxygen atoms in total. The molecular weight excluding hydrogens is 130 g/mol. The van der Waals surface area contributed by atoms with Gasteiger partial charge in [-0.2, -0.15) is 5.10 Å². The van der Waals surface area contributed by atoms with Gasteiger partial charge in [-0.05, 0) is 0 Å². The number of hydrogen-bond acceptors (Lipinski definition) is 3. The summed E-state index contributed by atoms with van der Waals surface area (Å²) in [5, 5.41) is 10.8. The second-order valence-corrected chi connectivity index (χ2v) is 1.90. The first-order valence-corrected chi connectivity index (χ1v) is 2.83. The fourth-order valence-corrected chi connectivity index (χ4v) is 0.818. The van der Waals surface area contributed by atoms with Gasteiger partial charge in [0, 0.05) is 12.3 Å². The van der Waals surface area contributed by atoms with E-state index in [1.807, 2.05) is 0 Å². The molecule has 0 aliphatic carbocycles. The minimum absolute atomic E-state index is 0.611. The Morgan fingerprint density at radius 1 is 1.70 bits per heavy atom. The molecule has 0 saturated heterocycles. The lowest BCUT2D eigenvalue weighted by Crippen LogP contribution is -1.82. The molecule has 0 radical (unpaired) electrons. The molecule has 1 N–H and O–H groups in total. The molecule has 0 bridgehead atoms. The third kappa shape index (κ3) is 0.556. The zero-order valence-corrected chi connectivity index (χ0v) is 5.11. The van der Waals surface area contributed by atoms with Crippen LogP contribution in [0.2, 0.25) is 0 Å². The van der Waals surface area contributed by atoms with Crippen LogP contribution < -0.4 is 0 Å². The first kappa shape index (κ1) is 5.22. The van der Waals surface area contributed by atoms with Crippen molar-refractivity contribution in [2.24, 2.45) is 0 Å². The Morgan fingerprint density at radius 2 is 2.60 bits per heavy atom. The van der Waals surface area contributed by atoms with Crippen molar-refractivity contribution < 1.29 is 4.42 Å². The molecule has 0 unspecified atom stereocenters. The van der Waals surface area contributed by atoms with Gasteiger partial charge >= 0.3 is 0 Å². The zero-order chi connectivity index (χ0) is 6.97. The van der Waals surface area contributed by atoms with Gasteiger partial charge in [-0.25, -0.2) is 4.52 Å². The summed E-state index contributed by atoms with van der Waals surface area (Å²) in [4.78, 5) is 0. The third-order valence-corrected chi connectivity index (χ3v) is 1.26. The summed E-state index contributed by atoms with van der Waals surface area (Å²) < 4.78 is 6.58. The van der Waals surface area contributed by atoms with Gasteiger partial charge in [0.1, 0.15) is 12.0 Å². The Bertz CT molecular complexity index is 331. The molecule has 50 valence electrons. The van der Waals surface area contributed by atoms with Crippen LogP contribution in [0.1, 0.15) is 5.69 Å². The second kappa shape index (κ2) is 1.70. The molecule has 10 heavy (non-hydrogen) atoms. The average molecular weight is 135 g/mol. The van der Waals surface area contributed by atoms with Crippen molar-refractivity contribution in [2.75, 3.05) is 0 Å². The maximum Gasteiger partial charge on any atom is 0.221 e. The van der Waals surface area contributed by atoms with Crippen molar-refractivity contribution in [3.05, 3.63) is 24.2 Å². The lowest BCUT2D eigenvalue weighted by molar-refractivity contribution is 0.606. The Hall–Kier alpha value is -1.58. The monoisotopic (exact) mass is 135 g/mol. The highest BCUT2D eigenvalue weighted by atomic mass is 16.3. The molecule has 0 saturated carbocycles. The summed E-state index contributed by atoms with van der Waals surface area (Å²) in [5.41, 5.74) is 1.28. The number of aromatic nitrogens is 2. The lowest BCUT2D eigenvalue weighted by Gasteiger charge is -1.73. The molecule has 2 aromatic heterocycles. The molecule has 0 amide bonds. The molecule has 2 heterocycles. The first-order valence-electron chi connectivity index (χ1n) is 2.83. The van der Waals surface area contributed by atoms with Crippen molar-refractivity contribution in [2.45, 2.75) is 0 Å². The molecule has 0 aliphatic rings. The van der Waals surface area contributed by atoms with Gasteiger partial charge in [-0.3, -0.25) is 0 Å². The smallest absolute Gasteiger partial charge is 0.221 e. The molecule has 0 aliphatic heterocycles. The van der Waals surface area contributed by atoms with Gasteiger partial charge in [0.2, 0.25) is 5.71 Å². The highest BCUT2D eigenvalue weighted by Crippen LogP contribution is 2.03. The van der Waals surface area contributed by atoms with Crippen molar-refractivity contribution in [3.63, 3.8) is 0 Å². The van der Waals surface area contributed by atoms with E-state index in [1.165, 1.54) is 6.21 Å². The number of rotatable bonds is 1. The minimum Gasteiger partial charge on any atom is -0.445 e. The number of nitrogens with one attached hydrogen (secondary N) is 1. The maximum absolute atomic E-state index is 6.87. The summed E-state index contributed by atoms with van der Waals surface area (Å²) in [5.74, 6) is 0. The third-order valence-electron chi connectivity index (χ3n) is 1.26. The predicted octanol–water partition coefficient (Wildman–Crippen LogP) is 0.925. The van der Waals surface area contributed by atoms with Crippen molar-refractivity contribution in [3.8, 4) is 0 Å². The number of hydrogen-bond donors (Lipinski definition) is 1. The molecule has 0 aromatic carbocycles. The van der Waals surface area contributed by atoms with E-state index in [2.05, 4.69) is 5.10 Å². The van der Waals surface area contributed by atoms with Crippen molar-refractivity contribution >= 4 is 11.9 Å². The number of oxazole rings is 1. The molecular formula is C6H5N3O. The standard InChI is InChI=1S/C6H5N3O/c7-4-5-3-6-9(8-5)1-2-10-6/h1-4,7H.